The van der Waals surface area contributed by atoms with E-state index in [1.54, 1.807) is 7.05 Å². The number of hydrogen-bond acceptors (Lipinski definition) is 9. The van der Waals surface area contributed by atoms with Gasteiger partial charge in [0.05, 0.1) is 23.0 Å². The number of aliphatic hydroxyl groups is 1. The molecule has 4 N–H and O–H groups in total. The van der Waals surface area contributed by atoms with Gasteiger partial charge in [-0.2, -0.15) is 0 Å². The van der Waals surface area contributed by atoms with Crippen LogP contribution in [0.5, 0.6) is 5.75 Å². The Balaban J connectivity index is 1.73. The molecule has 188 valence electrons. The van der Waals surface area contributed by atoms with E-state index >= 15 is 0 Å². The predicted octanol–water partition coefficient (Wildman–Crippen LogP) is 2.79. The van der Waals surface area contributed by atoms with Crippen LogP contribution >= 0.6 is 0 Å². The Labute approximate surface area is 204 Å². The van der Waals surface area contributed by atoms with Crippen molar-refractivity contribution in [1.82, 2.24) is 25.8 Å². The number of aliphatic hydroxyl groups excluding tert-OH is 1. The molecule has 4 rings (SSSR count). The molecule has 0 bridgehead atoms. The number of halogens is 1. The van der Waals surface area contributed by atoms with E-state index in [2.05, 4.69) is 21.1 Å². The number of rotatable bonds is 9. The molecule has 0 saturated carbocycles. The number of hydrogen-bond donors (Lipinski definition) is 4. The molecule has 1 aliphatic heterocycles. The average molecular weight is 485 g/mol. The van der Waals surface area contributed by atoms with E-state index in [9.17, 15) is 9.50 Å². The molecule has 1 saturated heterocycles. The first-order valence-corrected chi connectivity index (χ1v) is 11.9. The van der Waals surface area contributed by atoms with Crippen LogP contribution in [0.3, 0.4) is 0 Å². The molecule has 2 aromatic heterocycles. The Hall–Kier alpha value is -3.08. The quantitative estimate of drug-likeness (QED) is 0.364. The maximum absolute atomic E-state index is 14.6. The third-order valence-corrected chi connectivity index (χ3v) is 6.12. The van der Waals surface area contributed by atoms with Crippen LogP contribution < -0.4 is 20.7 Å². The number of anilines is 1. The molecule has 1 aromatic carbocycles. The fourth-order valence-corrected chi connectivity index (χ4v) is 4.22. The summed E-state index contributed by atoms with van der Waals surface area (Å²) < 4.78 is 25.8. The highest BCUT2D eigenvalue weighted by molar-refractivity contribution is 5.74. The van der Waals surface area contributed by atoms with Crippen molar-refractivity contribution in [1.29, 1.82) is 0 Å². The van der Waals surface area contributed by atoms with E-state index in [4.69, 9.17) is 19.2 Å². The number of ether oxygens (including phenoxy) is 1. The van der Waals surface area contributed by atoms with Crippen LogP contribution in [-0.2, 0) is 0 Å². The maximum Gasteiger partial charge on any atom is 0.162 e. The van der Waals surface area contributed by atoms with Crippen LogP contribution in [0.1, 0.15) is 23.4 Å². The molecular weight excluding hydrogens is 451 g/mol. The Kier molecular flexibility index (Phi) is 7.94. The fourth-order valence-electron chi connectivity index (χ4n) is 4.22. The van der Waals surface area contributed by atoms with E-state index in [0.717, 1.165) is 28.9 Å². The summed E-state index contributed by atoms with van der Waals surface area (Å²) in [5.41, 5.74) is 3.76. The van der Waals surface area contributed by atoms with Crippen molar-refractivity contribution in [3.63, 3.8) is 0 Å². The zero-order valence-corrected chi connectivity index (χ0v) is 20.6. The zero-order chi connectivity index (χ0) is 24.9. The van der Waals surface area contributed by atoms with Crippen molar-refractivity contribution in [2.45, 2.75) is 45.5 Å². The van der Waals surface area contributed by atoms with Crippen LogP contribution in [0.4, 0.5) is 10.2 Å². The molecule has 10 heteroatoms. The van der Waals surface area contributed by atoms with E-state index < -0.39 is 12.3 Å². The van der Waals surface area contributed by atoms with Gasteiger partial charge in [-0.1, -0.05) is 17.3 Å². The number of likely N-dealkylation sites (N-methyl/N-ethyl adjacent to an activating group) is 1. The largest absolute Gasteiger partial charge is 0.491 e. The minimum atomic E-state index is -1.02. The second-order valence-electron chi connectivity index (χ2n) is 8.88. The Bertz CT molecular complexity index is 1130. The first kappa shape index (κ1) is 25.0. The number of benzene rings is 1. The zero-order valence-electron chi connectivity index (χ0n) is 20.6. The van der Waals surface area contributed by atoms with Gasteiger partial charge >= 0.3 is 0 Å². The van der Waals surface area contributed by atoms with Gasteiger partial charge in [0.25, 0.3) is 0 Å². The first-order valence-electron chi connectivity index (χ1n) is 11.9. The van der Waals surface area contributed by atoms with Crippen LogP contribution in [0.15, 0.2) is 28.8 Å². The van der Waals surface area contributed by atoms with E-state index in [-0.39, 0.29) is 12.6 Å². The summed E-state index contributed by atoms with van der Waals surface area (Å²) in [4.78, 5) is 9.66. The normalized spacial score (nSPS) is 18.9. The van der Waals surface area contributed by atoms with Crippen molar-refractivity contribution in [2.75, 3.05) is 38.6 Å². The molecule has 1 fully saturated rings. The highest BCUT2D eigenvalue weighted by Crippen LogP contribution is 2.34. The lowest BCUT2D eigenvalue weighted by atomic mass is 10.0. The number of aryl methyl sites for hydroxylation is 2. The minimum absolute atomic E-state index is 0.157. The smallest absolute Gasteiger partial charge is 0.162 e. The van der Waals surface area contributed by atoms with Crippen LogP contribution in [0.25, 0.3) is 22.6 Å². The lowest BCUT2D eigenvalue weighted by Gasteiger charge is -2.28. The third-order valence-electron chi connectivity index (χ3n) is 6.12. The van der Waals surface area contributed by atoms with Gasteiger partial charge < -0.3 is 30.3 Å². The number of piperidine rings is 1. The number of aromatic nitrogens is 3. The van der Waals surface area contributed by atoms with Gasteiger partial charge in [0, 0.05) is 24.2 Å². The van der Waals surface area contributed by atoms with E-state index in [1.807, 2.05) is 45.0 Å². The lowest BCUT2D eigenvalue weighted by Crippen LogP contribution is -2.45. The number of nitrogens with zero attached hydrogens (tertiary/aromatic N) is 3. The van der Waals surface area contributed by atoms with Crippen molar-refractivity contribution >= 4 is 5.82 Å². The molecule has 1 aliphatic rings. The second-order valence-corrected chi connectivity index (χ2v) is 8.88. The topological polar surface area (TPSA) is 117 Å². The summed E-state index contributed by atoms with van der Waals surface area (Å²) in [5, 5.41) is 23.4. The Morgan fingerprint density at radius 2 is 2.11 bits per heavy atom. The van der Waals surface area contributed by atoms with Crippen LogP contribution in [0, 0.1) is 20.8 Å². The van der Waals surface area contributed by atoms with Gasteiger partial charge in [0.15, 0.2) is 5.82 Å². The summed E-state index contributed by atoms with van der Waals surface area (Å²) in [6.07, 6.45) is -0.997. The average Bonchev–Trinajstić information content (AvgIpc) is 3.18. The van der Waals surface area contributed by atoms with Crippen molar-refractivity contribution < 1.29 is 18.8 Å². The molecule has 0 amide bonds. The summed E-state index contributed by atoms with van der Waals surface area (Å²) >= 11 is 0. The predicted molar refractivity (Wildman–Crippen MR) is 132 cm³/mol. The third kappa shape index (κ3) is 5.77. The Morgan fingerprint density at radius 1 is 1.29 bits per heavy atom. The minimum Gasteiger partial charge on any atom is -0.491 e. The van der Waals surface area contributed by atoms with Gasteiger partial charge in [-0.05, 0) is 52.9 Å². The highest BCUT2D eigenvalue weighted by Gasteiger charge is 2.27. The second kappa shape index (κ2) is 11.1. The molecule has 0 radical (unpaired) electrons. The molecule has 3 aromatic rings. The van der Waals surface area contributed by atoms with Gasteiger partial charge in [0.1, 0.15) is 36.2 Å². The number of alkyl halides is 1. The first-order chi connectivity index (χ1) is 16.9. The van der Waals surface area contributed by atoms with E-state index in [0.29, 0.717) is 48.4 Å². The molecule has 35 heavy (non-hydrogen) atoms. The van der Waals surface area contributed by atoms with Gasteiger partial charge in [-0.3, -0.25) is 0 Å². The molecule has 3 atom stereocenters. The molecule has 0 spiro atoms. The van der Waals surface area contributed by atoms with Crippen LogP contribution in [-0.4, -0.2) is 71.8 Å². The van der Waals surface area contributed by atoms with E-state index in [1.165, 1.54) is 0 Å². The number of nitrogens with one attached hydrogen (secondary N) is 3. The molecule has 9 nitrogen and oxygen atoms in total. The lowest BCUT2D eigenvalue weighted by molar-refractivity contribution is 0.108. The maximum atomic E-state index is 14.6. The van der Waals surface area contributed by atoms with Crippen LogP contribution in [0.2, 0.25) is 0 Å². The summed E-state index contributed by atoms with van der Waals surface area (Å²) in [6.45, 7) is 7.28. The molecule has 3 heterocycles. The summed E-state index contributed by atoms with van der Waals surface area (Å²) in [7, 11) is 1.77. The van der Waals surface area contributed by atoms with Crippen molar-refractivity contribution in [2.24, 2.45) is 0 Å². The fraction of sp³-hybridized carbons (Fsp3) is 0.480. The standard InChI is InChI=1S/C25H33FN6O3/c1-14-23(22-15(2)32-35-16(22)3)30-25(31-24(14)29-21-8-9-28-12-20(21)26)17-6-5-7-19(10-17)34-13-18(33)11-27-4/h5-7,10,18,20-21,27-28,33H,8-9,11-13H2,1-4H3,(H,29,30,31)/t18?,20-,21?/m1/s1. The highest BCUT2D eigenvalue weighted by atomic mass is 19.1. The Morgan fingerprint density at radius 3 is 2.83 bits per heavy atom. The monoisotopic (exact) mass is 484 g/mol. The van der Waals surface area contributed by atoms with Gasteiger partial charge in [-0.25, -0.2) is 14.4 Å². The molecule has 2 unspecified atom stereocenters. The van der Waals surface area contributed by atoms with Crippen molar-refractivity contribution in [3.8, 4) is 28.4 Å². The molecule has 0 aliphatic carbocycles. The molecular formula is C25H33FN6O3. The summed E-state index contributed by atoms with van der Waals surface area (Å²) in [5.74, 6) is 2.30. The van der Waals surface area contributed by atoms with Crippen molar-refractivity contribution in [3.05, 3.63) is 41.3 Å². The summed E-state index contributed by atoms with van der Waals surface area (Å²) in [6, 6.07) is 7.05. The SMILES string of the molecule is CNCC(O)COc1cccc(-c2nc(NC3CCNC[C@H]3F)c(C)c(-c3c(C)noc3C)n2)c1. The van der Waals surface area contributed by atoms with Gasteiger partial charge in [0.2, 0.25) is 0 Å². The van der Waals surface area contributed by atoms with Gasteiger partial charge in [-0.15, -0.1) is 0 Å².